The molecule has 0 bridgehead atoms. The second kappa shape index (κ2) is 7.96. The highest BCUT2D eigenvalue weighted by atomic mass is 32.1. The number of thiocarbonyl (C=S) groups is 1. The Morgan fingerprint density at radius 1 is 1.08 bits per heavy atom. The molecule has 3 rings (SSSR count). The van der Waals surface area contributed by atoms with Crippen LogP contribution in [0.4, 0.5) is 17.6 Å². The van der Waals surface area contributed by atoms with Crippen LogP contribution in [0.2, 0.25) is 0 Å². The van der Waals surface area contributed by atoms with E-state index in [9.17, 15) is 0 Å². The van der Waals surface area contributed by atoms with E-state index in [1.54, 1.807) is 7.05 Å². The standard InChI is InChI=1S/C17H28N6S/c1-13-7-6-10-23(12-13)15-11-14(22-8-4-3-5-9-22)19-16(20-15)21-17(24)18-2/h11,13H,3-10,12H2,1-2H3,(H2,18,19,20,21,24). The third kappa shape index (κ3) is 4.26. The molecule has 0 aromatic carbocycles. The van der Waals surface area contributed by atoms with Crippen molar-refractivity contribution >= 4 is 34.9 Å². The highest BCUT2D eigenvalue weighted by molar-refractivity contribution is 7.80. The topological polar surface area (TPSA) is 56.3 Å². The van der Waals surface area contributed by atoms with Crippen molar-refractivity contribution in [1.82, 2.24) is 15.3 Å². The van der Waals surface area contributed by atoms with Crippen LogP contribution in [0.15, 0.2) is 6.07 Å². The molecule has 0 spiro atoms. The first-order chi connectivity index (χ1) is 11.7. The summed E-state index contributed by atoms with van der Waals surface area (Å²) in [4.78, 5) is 14.2. The van der Waals surface area contributed by atoms with Crippen LogP contribution in [0.1, 0.15) is 39.0 Å². The van der Waals surface area contributed by atoms with Gasteiger partial charge in [0.15, 0.2) is 5.11 Å². The van der Waals surface area contributed by atoms with Crippen LogP contribution in [0.5, 0.6) is 0 Å². The first-order valence-corrected chi connectivity index (χ1v) is 9.44. The van der Waals surface area contributed by atoms with Gasteiger partial charge in [-0.25, -0.2) is 0 Å². The summed E-state index contributed by atoms with van der Waals surface area (Å²) in [5.41, 5.74) is 0. The molecule has 2 N–H and O–H groups in total. The molecule has 6 nitrogen and oxygen atoms in total. The van der Waals surface area contributed by atoms with Crippen LogP contribution in [0.25, 0.3) is 0 Å². The Labute approximate surface area is 150 Å². The minimum atomic E-state index is 0.545. The molecule has 2 aliphatic heterocycles. The van der Waals surface area contributed by atoms with Crippen molar-refractivity contribution in [3.05, 3.63) is 6.07 Å². The zero-order valence-electron chi connectivity index (χ0n) is 14.7. The van der Waals surface area contributed by atoms with E-state index in [-0.39, 0.29) is 0 Å². The normalized spacial score (nSPS) is 21.5. The van der Waals surface area contributed by atoms with Crippen molar-refractivity contribution < 1.29 is 0 Å². The van der Waals surface area contributed by atoms with Crippen molar-refractivity contribution in [2.75, 3.05) is 48.3 Å². The van der Waals surface area contributed by atoms with Crippen LogP contribution in [0, 0.1) is 5.92 Å². The Morgan fingerprint density at radius 3 is 2.42 bits per heavy atom. The fourth-order valence-corrected chi connectivity index (χ4v) is 3.58. The summed E-state index contributed by atoms with van der Waals surface area (Å²) in [7, 11) is 1.80. The van der Waals surface area contributed by atoms with E-state index in [1.165, 1.54) is 32.1 Å². The fraction of sp³-hybridized carbons (Fsp3) is 0.706. The highest BCUT2D eigenvalue weighted by Gasteiger charge is 2.21. The van der Waals surface area contributed by atoms with Gasteiger partial charge in [0, 0.05) is 39.3 Å². The maximum absolute atomic E-state index is 5.23. The van der Waals surface area contributed by atoms with Crippen molar-refractivity contribution in [3.8, 4) is 0 Å². The van der Waals surface area contributed by atoms with E-state index in [4.69, 9.17) is 22.2 Å². The van der Waals surface area contributed by atoms with Crippen LogP contribution >= 0.6 is 12.2 Å². The largest absolute Gasteiger partial charge is 0.365 e. The number of rotatable bonds is 3. The minimum Gasteiger partial charge on any atom is -0.365 e. The number of nitrogens with zero attached hydrogens (tertiary/aromatic N) is 4. The van der Waals surface area contributed by atoms with Gasteiger partial charge >= 0.3 is 0 Å². The van der Waals surface area contributed by atoms with Gasteiger partial charge in [-0.05, 0) is 50.2 Å². The minimum absolute atomic E-state index is 0.545. The van der Waals surface area contributed by atoms with Gasteiger partial charge in [-0.1, -0.05) is 6.92 Å². The van der Waals surface area contributed by atoms with Crippen LogP contribution in [0.3, 0.4) is 0 Å². The molecule has 0 aliphatic carbocycles. The van der Waals surface area contributed by atoms with Gasteiger partial charge in [0.2, 0.25) is 5.95 Å². The second-order valence-corrected chi connectivity index (χ2v) is 7.26. The average molecular weight is 349 g/mol. The lowest BCUT2D eigenvalue weighted by molar-refractivity contribution is 0.444. The number of hydrogen-bond acceptors (Lipinski definition) is 5. The number of hydrogen-bond donors (Lipinski definition) is 2. The smallest absolute Gasteiger partial charge is 0.232 e. The van der Waals surface area contributed by atoms with Gasteiger partial charge in [0.1, 0.15) is 11.6 Å². The van der Waals surface area contributed by atoms with E-state index in [0.29, 0.717) is 17.0 Å². The number of nitrogens with one attached hydrogen (secondary N) is 2. The van der Waals surface area contributed by atoms with Crippen molar-refractivity contribution in [2.45, 2.75) is 39.0 Å². The Bertz CT molecular complexity index is 572. The molecule has 1 aromatic rings. The van der Waals surface area contributed by atoms with Crippen molar-refractivity contribution in [2.24, 2.45) is 5.92 Å². The SMILES string of the molecule is CNC(=S)Nc1nc(N2CCCCC2)cc(N2CCCC(C)C2)n1. The summed E-state index contributed by atoms with van der Waals surface area (Å²) in [6.45, 7) is 6.59. The van der Waals surface area contributed by atoms with E-state index >= 15 is 0 Å². The molecule has 0 amide bonds. The summed E-state index contributed by atoms with van der Waals surface area (Å²) in [5, 5.41) is 6.58. The monoisotopic (exact) mass is 348 g/mol. The van der Waals surface area contributed by atoms with E-state index in [2.05, 4.69) is 33.4 Å². The molecule has 3 heterocycles. The molecule has 0 saturated carbocycles. The lowest BCUT2D eigenvalue weighted by Gasteiger charge is -2.33. The quantitative estimate of drug-likeness (QED) is 0.814. The number of aromatic nitrogens is 2. The zero-order valence-corrected chi connectivity index (χ0v) is 15.5. The maximum Gasteiger partial charge on any atom is 0.232 e. The summed E-state index contributed by atoms with van der Waals surface area (Å²) in [6.07, 6.45) is 6.31. The summed E-state index contributed by atoms with van der Waals surface area (Å²) < 4.78 is 0. The fourth-order valence-electron chi connectivity index (χ4n) is 3.49. The summed E-state index contributed by atoms with van der Waals surface area (Å²) in [6, 6.07) is 2.15. The molecule has 2 fully saturated rings. The van der Waals surface area contributed by atoms with Crippen LogP contribution in [-0.4, -0.2) is 48.3 Å². The van der Waals surface area contributed by atoms with Crippen molar-refractivity contribution in [1.29, 1.82) is 0 Å². The van der Waals surface area contributed by atoms with Gasteiger partial charge in [-0.3, -0.25) is 0 Å². The van der Waals surface area contributed by atoms with Gasteiger partial charge in [-0.2, -0.15) is 9.97 Å². The predicted molar refractivity (Wildman–Crippen MR) is 104 cm³/mol. The van der Waals surface area contributed by atoms with Gasteiger partial charge < -0.3 is 20.4 Å². The Balaban J connectivity index is 1.87. The predicted octanol–water partition coefficient (Wildman–Crippen LogP) is 2.62. The molecule has 1 unspecified atom stereocenters. The molecular weight excluding hydrogens is 320 g/mol. The molecule has 2 saturated heterocycles. The summed E-state index contributed by atoms with van der Waals surface area (Å²) >= 11 is 5.23. The first kappa shape index (κ1) is 17.2. The molecule has 0 radical (unpaired) electrons. The van der Waals surface area contributed by atoms with E-state index in [0.717, 1.165) is 37.8 Å². The second-order valence-electron chi connectivity index (χ2n) is 6.85. The van der Waals surface area contributed by atoms with Gasteiger partial charge in [-0.15, -0.1) is 0 Å². The van der Waals surface area contributed by atoms with Crippen LogP contribution < -0.4 is 20.4 Å². The molecule has 1 aromatic heterocycles. The van der Waals surface area contributed by atoms with Gasteiger partial charge in [0.25, 0.3) is 0 Å². The average Bonchev–Trinajstić information content (AvgIpc) is 2.62. The molecule has 132 valence electrons. The Hall–Kier alpha value is -1.63. The highest BCUT2D eigenvalue weighted by Crippen LogP contribution is 2.27. The molecular formula is C17H28N6S. The van der Waals surface area contributed by atoms with E-state index in [1.807, 2.05) is 0 Å². The summed E-state index contributed by atoms with van der Waals surface area (Å²) in [5.74, 6) is 3.32. The lowest BCUT2D eigenvalue weighted by atomic mass is 10.0. The molecule has 2 aliphatic rings. The van der Waals surface area contributed by atoms with Crippen molar-refractivity contribution in [3.63, 3.8) is 0 Å². The first-order valence-electron chi connectivity index (χ1n) is 9.03. The van der Waals surface area contributed by atoms with E-state index < -0.39 is 0 Å². The third-order valence-corrected chi connectivity index (χ3v) is 5.12. The number of anilines is 3. The number of piperidine rings is 2. The lowest BCUT2D eigenvalue weighted by Crippen LogP contribution is -2.36. The zero-order chi connectivity index (χ0) is 16.9. The molecule has 1 atom stereocenters. The third-order valence-electron chi connectivity index (χ3n) is 4.81. The van der Waals surface area contributed by atoms with Crippen LogP contribution in [-0.2, 0) is 0 Å². The molecule has 24 heavy (non-hydrogen) atoms. The molecule has 7 heteroatoms. The Kier molecular flexibility index (Phi) is 5.71. The maximum atomic E-state index is 5.23. The van der Waals surface area contributed by atoms with Gasteiger partial charge in [0.05, 0.1) is 0 Å². The Morgan fingerprint density at radius 2 is 1.75 bits per heavy atom.